The number of allylic oxidation sites excluding steroid dienone is 2. The van der Waals surface area contributed by atoms with Crippen molar-refractivity contribution < 1.29 is 42.8 Å². The molecular weight excluding hydrogens is 769 g/mol. The first-order valence-electron chi connectivity index (χ1n) is 20.4. The van der Waals surface area contributed by atoms with Gasteiger partial charge in [0, 0.05) is 56.3 Å². The Hall–Kier alpha value is -6.38. The normalized spacial score (nSPS) is 19.0. The maximum atomic E-state index is 13.6. The van der Waals surface area contributed by atoms with E-state index in [1.165, 1.54) is 25.4 Å². The SMILES string of the molecule is C/C=C1\C[C@H]2C=Nc3cc(OCc4cc(OCCCNC(=O)OCCCC)cc(COc5cc6c(cc5OC)C(=O)N5C/C(=C/C)C[C@H]5C=N6)n4)c(OC)cc3C(=O)N2C1. The molecule has 2 fully saturated rings. The number of amides is 3. The number of rotatable bonds is 16. The number of methoxy groups -OCH3 is 2. The molecule has 1 N–H and O–H groups in total. The van der Waals surface area contributed by atoms with E-state index in [0.717, 1.165) is 25.7 Å². The maximum absolute atomic E-state index is 13.6. The van der Waals surface area contributed by atoms with E-state index < -0.39 is 6.09 Å². The van der Waals surface area contributed by atoms with Crippen LogP contribution in [-0.2, 0) is 18.0 Å². The zero-order chi connectivity index (χ0) is 42.2. The molecule has 7 rings (SSSR count). The van der Waals surface area contributed by atoms with E-state index in [-0.39, 0.29) is 37.1 Å². The molecule has 5 heterocycles. The van der Waals surface area contributed by atoms with Crippen molar-refractivity contribution in [2.75, 3.05) is 47.1 Å². The Kier molecular flexibility index (Phi) is 13.3. The first-order valence-corrected chi connectivity index (χ1v) is 20.4. The molecule has 0 bridgehead atoms. The molecule has 60 heavy (non-hydrogen) atoms. The average Bonchev–Trinajstić information content (AvgIpc) is 3.83. The number of aliphatic imine (C=N–C) groups is 2. The molecule has 1 aromatic heterocycles. The van der Waals surface area contributed by atoms with Gasteiger partial charge in [0.1, 0.15) is 19.0 Å². The van der Waals surface area contributed by atoms with E-state index >= 15 is 0 Å². The number of pyridine rings is 1. The van der Waals surface area contributed by atoms with Gasteiger partial charge in [-0.25, -0.2) is 4.79 Å². The Morgan fingerprint density at radius 3 is 1.75 bits per heavy atom. The average molecular weight is 821 g/mol. The van der Waals surface area contributed by atoms with Crippen molar-refractivity contribution in [1.29, 1.82) is 0 Å². The molecule has 15 nitrogen and oxygen atoms in total. The minimum atomic E-state index is -0.455. The summed E-state index contributed by atoms with van der Waals surface area (Å²) in [4.78, 5) is 57.1. The van der Waals surface area contributed by atoms with E-state index in [9.17, 15) is 14.4 Å². The number of nitrogens with zero attached hydrogens (tertiary/aromatic N) is 5. The van der Waals surface area contributed by atoms with Crippen LogP contribution in [0.2, 0.25) is 0 Å². The predicted molar refractivity (Wildman–Crippen MR) is 226 cm³/mol. The van der Waals surface area contributed by atoms with Gasteiger partial charge in [-0.15, -0.1) is 0 Å². The molecule has 3 aromatic rings. The lowest BCUT2D eigenvalue weighted by atomic mass is 10.1. The molecular formula is C45H52N6O9. The van der Waals surface area contributed by atoms with E-state index in [0.29, 0.717) is 102 Å². The molecule has 316 valence electrons. The van der Waals surface area contributed by atoms with Crippen LogP contribution in [0.1, 0.15) is 85.0 Å². The topological polar surface area (TPSA) is 163 Å². The van der Waals surface area contributed by atoms with Gasteiger partial charge >= 0.3 is 6.09 Å². The molecule has 0 radical (unpaired) electrons. The van der Waals surface area contributed by atoms with Crippen LogP contribution in [0.3, 0.4) is 0 Å². The number of hydrogen-bond donors (Lipinski definition) is 1. The Morgan fingerprint density at radius 1 is 0.733 bits per heavy atom. The Bertz CT molecular complexity index is 2100. The van der Waals surface area contributed by atoms with Crippen LogP contribution < -0.4 is 29.0 Å². The smallest absolute Gasteiger partial charge is 0.407 e. The first kappa shape index (κ1) is 41.8. The molecule has 2 saturated heterocycles. The number of nitrogens with one attached hydrogen (secondary N) is 1. The number of ether oxygens (including phenoxy) is 6. The number of carbonyl (C=O) groups excluding carboxylic acids is 3. The minimum absolute atomic E-state index is 0.0210. The largest absolute Gasteiger partial charge is 0.493 e. The number of aromatic nitrogens is 1. The summed E-state index contributed by atoms with van der Waals surface area (Å²) in [6.07, 6.45) is 11.1. The van der Waals surface area contributed by atoms with Crippen molar-refractivity contribution >= 4 is 41.7 Å². The molecule has 0 spiro atoms. The number of alkyl carbamates (subject to hydrolysis) is 1. The third-order valence-electron chi connectivity index (χ3n) is 10.9. The first-order chi connectivity index (χ1) is 29.2. The van der Waals surface area contributed by atoms with Gasteiger partial charge in [-0.3, -0.25) is 24.6 Å². The highest BCUT2D eigenvalue weighted by molar-refractivity contribution is 6.04. The van der Waals surface area contributed by atoms with Gasteiger partial charge in [-0.05, 0) is 51.7 Å². The highest BCUT2D eigenvalue weighted by atomic mass is 16.5. The monoisotopic (exact) mass is 820 g/mol. The fraction of sp³-hybridized carbons (Fsp3) is 0.422. The summed E-state index contributed by atoms with van der Waals surface area (Å²) >= 11 is 0. The number of hydrogen-bond acceptors (Lipinski definition) is 12. The van der Waals surface area contributed by atoms with Crippen molar-refractivity contribution in [1.82, 2.24) is 20.1 Å². The molecule has 4 aliphatic heterocycles. The van der Waals surface area contributed by atoms with Crippen LogP contribution in [0.4, 0.5) is 16.2 Å². The zero-order valence-corrected chi connectivity index (χ0v) is 34.8. The summed E-state index contributed by atoms with van der Waals surface area (Å²) in [5, 5.41) is 2.75. The molecule has 0 saturated carbocycles. The molecule has 0 aliphatic carbocycles. The number of fused-ring (bicyclic) bond motifs is 4. The Labute approximate surface area is 350 Å². The fourth-order valence-electron chi connectivity index (χ4n) is 7.50. The lowest BCUT2D eigenvalue weighted by Gasteiger charge is -2.20. The molecule has 2 atom stereocenters. The molecule has 2 aromatic carbocycles. The highest BCUT2D eigenvalue weighted by Crippen LogP contribution is 2.41. The van der Waals surface area contributed by atoms with Crippen molar-refractivity contribution in [3.8, 4) is 28.7 Å². The number of unbranched alkanes of at least 4 members (excludes halogenated alkanes) is 1. The summed E-state index contributed by atoms with van der Waals surface area (Å²) < 4.78 is 35.3. The Balaban J connectivity index is 1.09. The van der Waals surface area contributed by atoms with Crippen LogP contribution in [0, 0.1) is 0 Å². The molecule has 0 unspecified atom stereocenters. The van der Waals surface area contributed by atoms with Crippen LogP contribution >= 0.6 is 0 Å². The van der Waals surface area contributed by atoms with E-state index in [1.54, 1.807) is 36.4 Å². The summed E-state index contributed by atoms with van der Waals surface area (Å²) in [6, 6.07) is 10.1. The standard InChI is InChI=1S/C45H52N6O9/c1-6-9-12-58-45(54)46-11-10-13-57-34-16-30(26-59-41-20-37-35(18-39(41)55-4)43(52)50-24-28(7-2)14-32(50)22-47-37)49-31(17-34)27-60-42-21-38-36(19-40(42)56-5)44(53)51-25-29(8-3)15-33(51)23-48-38/h7-8,16-23,32-33H,6,9-15,24-27H2,1-5H3,(H,46,54)/b28-7+,29-8+/t32-,33-/m0/s1. The second kappa shape index (κ2) is 19.1. The number of benzene rings is 2. The van der Waals surface area contributed by atoms with Gasteiger partial charge in [0.15, 0.2) is 23.0 Å². The van der Waals surface area contributed by atoms with Gasteiger partial charge < -0.3 is 43.5 Å². The lowest BCUT2D eigenvalue weighted by Crippen LogP contribution is -2.35. The highest BCUT2D eigenvalue weighted by Gasteiger charge is 2.36. The quantitative estimate of drug-likeness (QED) is 0.115. The second-order valence-corrected chi connectivity index (χ2v) is 14.9. The number of carbonyl (C=O) groups is 3. The summed E-state index contributed by atoms with van der Waals surface area (Å²) in [5.74, 6) is 1.86. The fourth-order valence-corrected chi connectivity index (χ4v) is 7.50. The van der Waals surface area contributed by atoms with Crippen molar-refractivity contribution in [2.24, 2.45) is 9.98 Å². The van der Waals surface area contributed by atoms with Crippen molar-refractivity contribution in [2.45, 2.75) is 78.2 Å². The lowest BCUT2D eigenvalue weighted by molar-refractivity contribution is 0.0769. The third kappa shape index (κ3) is 9.40. The van der Waals surface area contributed by atoms with Crippen LogP contribution in [0.15, 0.2) is 69.7 Å². The second-order valence-electron chi connectivity index (χ2n) is 14.9. The molecule has 4 aliphatic rings. The van der Waals surface area contributed by atoms with Gasteiger partial charge in [-0.1, -0.05) is 36.6 Å². The van der Waals surface area contributed by atoms with Crippen molar-refractivity contribution in [3.05, 3.63) is 82.2 Å². The molecule has 3 amide bonds. The van der Waals surface area contributed by atoms with Gasteiger partial charge in [0.2, 0.25) is 0 Å². The Morgan fingerprint density at radius 2 is 1.27 bits per heavy atom. The molecule has 15 heteroatoms. The third-order valence-corrected chi connectivity index (χ3v) is 10.9. The van der Waals surface area contributed by atoms with E-state index in [4.69, 9.17) is 43.4 Å². The van der Waals surface area contributed by atoms with E-state index in [2.05, 4.69) is 17.5 Å². The van der Waals surface area contributed by atoms with Gasteiger partial charge in [-0.2, -0.15) is 0 Å². The minimum Gasteiger partial charge on any atom is -0.493 e. The van der Waals surface area contributed by atoms with Gasteiger partial charge in [0.25, 0.3) is 11.8 Å². The summed E-state index contributed by atoms with van der Waals surface area (Å²) in [7, 11) is 3.05. The van der Waals surface area contributed by atoms with Crippen LogP contribution in [0.25, 0.3) is 0 Å². The van der Waals surface area contributed by atoms with Gasteiger partial charge in [0.05, 0.1) is 73.4 Å². The van der Waals surface area contributed by atoms with E-state index in [1.807, 2.05) is 43.0 Å². The maximum Gasteiger partial charge on any atom is 0.407 e. The van der Waals surface area contributed by atoms with Crippen molar-refractivity contribution in [3.63, 3.8) is 0 Å². The van der Waals surface area contributed by atoms with Crippen LogP contribution in [-0.4, -0.2) is 104 Å². The van der Waals surface area contributed by atoms with Crippen LogP contribution in [0.5, 0.6) is 28.7 Å². The predicted octanol–water partition coefficient (Wildman–Crippen LogP) is 7.31. The summed E-state index contributed by atoms with van der Waals surface area (Å²) in [6.45, 7) is 8.23. The zero-order valence-electron chi connectivity index (χ0n) is 34.8. The summed E-state index contributed by atoms with van der Waals surface area (Å²) in [5.41, 5.74) is 5.34.